The fourth-order valence-electron chi connectivity index (χ4n) is 2.72. The topological polar surface area (TPSA) is 116 Å². The summed E-state index contributed by atoms with van der Waals surface area (Å²) in [5.74, 6) is -0.118. The molecule has 1 aromatic carbocycles. The molecule has 4 rings (SSSR count). The van der Waals surface area contributed by atoms with Crippen LogP contribution in [0.1, 0.15) is 11.3 Å². The lowest BCUT2D eigenvalue weighted by atomic mass is 10.1. The first-order valence-electron chi connectivity index (χ1n) is 9.13. The van der Waals surface area contributed by atoms with Gasteiger partial charge in [-0.15, -0.1) is 0 Å². The smallest absolute Gasteiger partial charge is 0.416 e. The van der Waals surface area contributed by atoms with Gasteiger partial charge in [0.05, 0.1) is 11.6 Å². The average Bonchev–Trinajstić information content (AvgIpc) is 3.21. The molecule has 0 radical (unpaired) electrons. The highest BCUT2D eigenvalue weighted by Gasteiger charge is 2.30. The van der Waals surface area contributed by atoms with Gasteiger partial charge in [0.1, 0.15) is 12.0 Å². The van der Waals surface area contributed by atoms with Crippen LogP contribution in [0.2, 0.25) is 0 Å². The molecule has 0 aliphatic heterocycles. The molecule has 0 atom stereocenters. The third kappa shape index (κ3) is 5.22. The van der Waals surface area contributed by atoms with Gasteiger partial charge < -0.3 is 10.4 Å². The predicted molar refractivity (Wildman–Crippen MR) is 103 cm³/mol. The number of hydrogen-bond donors (Lipinski definition) is 1. The van der Waals surface area contributed by atoms with E-state index in [0.29, 0.717) is 5.69 Å². The van der Waals surface area contributed by atoms with E-state index in [1.165, 1.54) is 29.3 Å². The van der Waals surface area contributed by atoms with E-state index in [2.05, 4.69) is 30.5 Å². The zero-order chi connectivity index (χ0) is 22.6. The van der Waals surface area contributed by atoms with Crippen LogP contribution in [-0.2, 0) is 12.7 Å². The Morgan fingerprint density at radius 1 is 1.09 bits per heavy atom. The standard InChI is InChI=1S/C20H14F3N7O2/c21-20(22,23)15-2-1-3-16(6-15)27-19(31)28-18-11-30(29-32-18)10-17-5-4-13(9-26-17)14-7-24-12-25-8-14/h1-9,11-12H,10H2,(H-,27,28,29,31). The zero-order valence-corrected chi connectivity index (χ0v) is 16.2. The van der Waals surface area contributed by atoms with Crippen LogP contribution in [-0.4, -0.2) is 26.2 Å². The summed E-state index contributed by atoms with van der Waals surface area (Å²) in [6.45, 7) is 0.250. The maximum Gasteiger partial charge on any atom is 0.416 e. The molecule has 0 amide bonds. The van der Waals surface area contributed by atoms with Crippen LogP contribution in [0.4, 0.5) is 24.7 Å². The number of alkyl halides is 3. The van der Waals surface area contributed by atoms with Crippen molar-refractivity contribution in [2.45, 2.75) is 12.7 Å². The Balaban J connectivity index is 1.41. The van der Waals surface area contributed by atoms with Gasteiger partial charge in [0.25, 0.3) is 6.20 Å². The second-order valence-corrected chi connectivity index (χ2v) is 6.52. The van der Waals surface area contributed by atoms with Crippen molar-refractivity contribution in [2.24, 2.45) is 4.99 Å². The van der Waals surface area contributed by atoms with Gasteiger partial charge in [0.2, 0.25) is 11.8 Å². The number of benzene rings is 1. The lowest BCUT2D eigenvalue weighted by molar-refractivity contribution is -0.755. The summed E-state index contributed by atoms with van der Waals surface area (Å²) in [5.41, 5.74) is 1.42. The van der Waals surface area contributed by atoms with Crippen molar-refractivity contribution in [1.29, 1.82) is 0 Å². The second-order valence-electron chi connectivity index (χ2n) is 6.52. The number of anilines is 1. The Kier molecular flexibility index (Phi) is 5.75. The van der Waals surface area contributed by atoms with Crippen LogP contribution >= 0.6 is 0 Å². The molecule has 32 heavy (non-hydrogen) atoms. The first-order valence-corrected chi connectivity index (χ1v) is 9.13. The molecule has 0 aliphatic rings. The Labute approximate surface area is 178 Å². The van der Waals surface area contributed by atoms with Crippen molar-refractivity contribution in [3.63, 3.8) is 0 Å². The van der Waals surface area contributed by atoms with E-state index < -0.39 is 17.8 Å². The molecule has 3 heterocycles. The summed E-state index contributed by atoms with van der Waals surface area (Å²) in [4.78, 5) is 15.9. The van der Waals surface area contributed by atoms with E-state index >= 15 is 0 Å². The highest BCUT2D eigenvalue weighted by atomic mass is 19.4. The molecule has 1 N–H and O–H groups in total. The first-order chi connectivity index (χ1) is 15.4. The number of aliphatic imine (C=N–C) groups is 1. The van der Waals surface area contributed by atoms with Gasteiger partial charge in [-0.2, -0.15) is 13.2 Å². The molecule has 0 bridgehead atoms. The lowest BCUT2D eigenvalue weighted by Gasteiger charge is -2.14. The molecule has 0 aliphatic carbocycles. The molecule has 9 nitrogen and oxygen atoms in total. The SMILES string of the molecule is [O-]C(=Nc1c[n+](Cc2ccc(-c3cncnc3)cn2)no1)Nc1cccc(C(F)(F)F)c1. The van der Waals surface area contributed by atoms with Crippen LogP contribution in [0, 0.1) is 0 Å². The van der Waals surface area contributed by atoms with Crippen molar-refractivity contribution in [2.75, 3.05) is 5.32 Å². The molecule has 0 fully saturated rings. The van der Waals surface area contributed by atoms with Gasteiger partial charge in [-0.25, -0.2) is 15.0 Å². The molecule has 12 heteroatoms. The summed E-state index contributed by atoms with van der Waals surface area (Å²) in [6.07, 6.45) is 3.31. The molecular weight excluding hydrogens is 427 g/mol. The molecule has 3 aromatic heterocycles. The lowest BCUT2D eigenvalue weighted by Crippen LogP contribution is -2.35. The summed E-state index contributed by atoms with van der Waals surface area (Å²) in [6, 6.07) is 6.96. The number of nitrogens with zero attached hydrogens (tertiary/aromatic N) is 6. The summed E-state index contributed by atoms with van der Waals surface area (Å²) >= 11 is 0. The number of aromatic nitrogens is 5. The van der Waals surface area contributed by atoms with E-state index in [-0.39, 0.29) is 18.1 Å². The van der Waals surface area contributed by atoms with Crippen molar-refractivity contribution < 1.29 is 27.5 Å². The second kappa shape index (κ2) is 8.79. The van der Waals surface area contributed by atoms with Gasteiger partial charge in [-0.05, 0) is 28.9 Å². The molecule has 162 valence electrons. The minimum Gasteiger partial charge on any atom is -0.846 e. The Morgan fingerprint density at radius 3 is 2.62 bits per heavy atom. The average molecular weight is 441 g/mol. The van der Waals surface area contributed by atoms with E-state index in [1.807, 2.05) is 6.07 Å². The normalized spacial score (nSPS) is 12.0. The summed E-state index contributed by atoms with van der Waals surface area (Å²) < 4.78 is 44.7. The maximum absolute atomic E-state index is 12.8. The summed E-state index contributed by atoms with van der Waals surface area (Å²) in [7, 11) is 0. The molecule has 0 saturated carbocycles. The Bertz CT molecular complexity index is 1230. The van der Waals surface area contributed by atoms with Crippen LogP contribution in [0.3, 0.4) is 0 Å². The molecule has 0 saturated heterocycles. The minimum atomic E-state index is -4.52. The van der Waals surface area contributed by atoms with Crippen LogP contribution < -0.4 is 15.1 Å². The van der Waals surface area contributed by atoms with E-state index in [1.54, 1.807) is 24.7 Å². The number of amidine groups is 1. The predicted octanol–water partition coefficient (Wildman–Crippen LogP) is 2.34. The van der Waals surface area contributed by atoms with Crippen LogP contribution in [0.25, 0.3) is 11.1 Å². The van der Waals surface area contributed by atoms with Gasteiger partial charge >= 0.3 is 12.1 Å². The van der Waals surface area contributed by atoms with Crippen LogP contribution in [0.15, 0.2) is 77.0 Å². The molecular formula is C20H14F3N7O2. The third-order valence-electron chi connectivity index (χ3n) is 4.19. The van der Waals surface area contributed by atoms with Gasteiger partial charge in [-0.3, -0.25) is 9.51 Å². The minimum absolute atomic E-state index is 0.0472. The highest BCUT2D eigenvalue weighted by molar-refractivity contribution is 5.87. The van der Waals surface area contributed by atoms with Gasteiger partial charge in [-0.1, -0.05) is 12.1 Å². The Morgan fingerprint density at radius 2 is 1.91 bits per heavy atom. The van der Waals surface area contributed by atoms with E-state index in [9.17, 15) is 18.3 Å². The number of nitrogens with one attached hydrogen (secondary N) is 1. The van der Waals surface area contributed by atoms with Crippen molar-refractivity contribution >= 4 is 17.6 Å². The maximum atomic E-state index is 12.8. The van der Waals surface area contributed by atoms with E-state index in [4.69, 9.17) is 4.52 Å². The van der Waals surface area contributed by atoms with Gasteiger partial charge in [0, 0.05) is 35.4 Å². The van der Waals surface area contributed by atoms with Crippen molar-refractivity contribution in [3.8, 4) is 11.1 Å². The van der Waals surface area contributed by atoms with Crippen molar-refractivity contribution in [1.82, 2.24) is 20.2 Å². The highest BCUT2D eigenvalue weighted by Crippen LogP contribution is 2.30. The molecule has 0 spiro atoms. The number of rotatable bonds is 5. The van der Waals surface area contributed by atoms with E-state index in [0.717, 1.165) is 23.3 Å². The van der Waals surface area contributed by atoms with Crippen LogP contribution in [0.5, 0.6) is 0 Å². The molecule has 0 unspecified atom stereocenters. The van der Waals surface area contributed by atoms with Gasteiger partial charge in [0.15, 0.2) is 0 Å². The number of hydrogen-bond acceptors (Lipinski definition) is 7. The number of pyridine rings is 1. The Hall–Kier alpha value is -4.35. The summed E-state index contributed by atoms with van der Waals surface area (Å²) in [5, 5.41) is 18.0. The fourth-order valence-corrected chi connectivity index (χ4v) is 2.72. The quantitative estimate of drug-likeness (QED) is 0.287. The zero-order valence-electron chi connectivity index (χ0n) is 16.2. The number of halogens is 3. The fraction of sp³-hybridized carbons (Fsp3) is 0.100. The molecule has 4 aromatic rings. The monoisotopic (exact) mass is 441 g/mol. The first kappa shape index (κ1) is 20.9. The third-order valence-corrected chi connectivity index (χ3v) is 4.19. The largest absolute Gasteiger partial charge is 0.846 e. The van der Waals surface area contributed by atoms with Crippen molar-refractivity contribution in [3.05, 3.63) is 78.8 Å².